The largest absolute Gasteiger partial charge is 0.207 e. The summed E-state index contributed by atoms with van der Waals surface area (Å²) in [4.78, 5) is 0. The van der Waals surface area contributed by atoms with Crippen molar-refractivity contribution in [3.63, 3.8) is 0 Å². The number of rotatable bonds is 1. The average Bonchev–Trinajstić information content (AvgIpc) is 2.55. The molecular weight excluding hydrogens is 271 g/mol. The second kappa shape index (κ2) is 4.96. The average molecular weight is 286 g/mol. The number of hydrogen-bond donors (Lipinski definition) is 0. The van der Waals surface area contributed by atoms with Crippen LogP contribution in [0, 0.1) is 12.7 Å². The first kappa shape index (κ1) is 13.0. The quantitative estimate of drug-likeness (QED) is 0.370. The number of halogens is 1. The maximum absolute atomic E-state index is 13.8. The Hall–Kier alpha value is -2.67. The van der Waals surface area contributed by atoms with E-state index in [0.29, 0.717) is 0 Å². The summed E-state index contributed by atoms with van der Waals surface area (Å²) in [6, 6.07) is 23.9. The van der Waals surface area contributed by atoms with Crippen LogP contribution < -0.4 is 0 Å². The van der Waals surface area contributed by atoms with Crippen LogP contribution in [0.15, 0.2) is 72.8 Å². The lowest BCUT2D eigenvalue weighted by atomic mass is 9.92. The first-order valence-corrected chi connectivity index (χ1v) is 7.40. The van der Waals surface area contributed by atoms with E-state index in [2.05, 4.69) is 43.3 Å². The molecule has 0 saturated carbocycles. The van der Waals surface area contributed by atoms with Gasteiger partial charge in [0.15, 0.2) is 0 Å². The SMILES string of the molecule is Cc1ccc2cc(-c3ccccc3)c3ccc(F)cc3c2c1. The molecule has 0 heterocycles. The van der Waals surface area contributed by atoms with Gasteiger partial charge in [0.2, 0.25) is 0 Å². The van der Waals surface area contributed by atoms with Crippen molar-refractivity contribution in [2.75, 3.05) is 0 Å². The highest BCUT2D eigenvalue weighted by atomic mass is 19.1. The third-order valence-corrected chi connectivity index (χ3v) is 4.16. The van der Waals surface area contributed by atoms with Crippen molar-refractivity contribution in [3.05, 3.63) is 84.2 Å². The Bertz CT molecular complexity index is 985. The summed E-state index contributed by atoms with van der Waals surface area (Å²) in [5.41, 5.74) is 3.49. The van der Waals surface area contributed by atoms with Gasteiger partial charge in [-0.3, -0.25) is 0 Å². The Kier molecular flexibility index (Phi) is 2.93. The van der Waals surface area contributed by atoms with Gasteiger partial charge in [-0.1, -0.05) is 60.2 Å². The molecule has 4 aromatic carbocycles. The molecule has 0 aliphatic heterocycles. The molecule has 106 valence electrons. The minimum Gasteiger partial charge on any atom is -0.207 e. The number of aryl methyl sites for hydroxylation is 1. The molecular formula is C21H15F. The second-order valence-electron chi connectivity index (χ2n) is 5.70. The molecule has 0 fully saturated rings. The minimum absolute atomic E-state index is 0.194. The molecule has 0 N–H and O–H groups in total. The normalized spacial score (nSPS) is 11.2. The van der Waals surface area contributed by atoms with Crippen molar-refractivity contribution >= 4 is 21.5 Å². The molecule has 0 unspecified atom stereocenters. The van der Waals surface area contributed by atoms with Crippen LogP contribution >= 0.6 is 0 Å². The van der Waals surface area contributed by atoms with Gasteiger partial charge in [-0.05, 0) is 57.8 Å². The molecule has 0 bridgehead atoms. The Balaban J connectivity index is 2.19. The molecule has 0 aliphatic rings. The van der Waals surface area contributed by atoms with E-state index in [-0.39, 0.29) is 5.82 Å². The van der Waals surface area contributed by atoms with Crippen molar-refractivity contribution in [2.24, 2.45) is 0 Å². The van der Waals surface area contributed by atoms with E-state index in [1.54, 1.807) is 6.07 Å². The van der Waals surface area contributed by atoms with E-state index < -0.39 is 0 Å². The van der Waals surface area contributed by atoms with Gasteiger partial charge in [0.25, 0.3) is 0 Å². The van der Waals surface area contributed by atoms with Gasteiger partial charge in [0.1, 0.15) is 5.82 Å². The molecule has 0 saturated heterocycles. The molecule has 22 heavy (non-hydrogen) atoms. The van der Waals surface area contributed by atoms with Crippen molar-refractivity contribution in [1.82, 2.24) is 0 Å². The molecule has 0 atom stereocenters. The predicted molar refractivity (Wildman–Crippen MR) is 91.6 cm³/mol. The van der Waals surface area contributed by atoms with Crippen LogP contribution in [0.2, 0.25) is 0 Å². The smallest absolute Gasteiger partial charge is 0.123 e. The number of fused-ring (bicyclic) bond motifs is 3. The first-order valence-electron chi connectivity index (χ1n) is 7.40. The Morgan fingerprint density at radius 2 is 1.50 bits per heavy atom. The molecule has 1 heteroatoms. The molecule has 0 aliphatic carbocycles. The fraction of sp³-hybridized carbons (Fsp3) is 0.0476. The maximum Gasteiger partial charge on any atom is 0.123 e. The van der Waals surface area contributed by atoms with Crippen LogP contribution in [-0.4, -0.2) is 0 Å². The van der Waals surface area contributed by atoms with Crippen LogP contribution in [0.3, 0.4) is 0 Å². The molecule has 0 spiro atoms. The molecule has 0 nitrogen and oxygen atoms in total. The lowest BCUT2D eigenvalue weighted by Gasteiger charge is -2.12. The summed E-state index contributed by atoms with van der Waals surface area (Å²) in [7, 11) is 0. The summed E-state index contributed by atoms with van der Waals surface area (Å²) in [6.45, 7) is 2.07. The van der Waals surface area contributed by atoms with Crippen LogP contribution in [0.5, 0.6) is 0 Å². The summed E-state index contributed by atoms with van der Waals surface area (Å²) in [6.07, 6.45) is 0. The summed E-state index contributed by atoms with van der Waals surface area (Å²) >= 11 is 0. The number of hydrogen-bond acceptors (Lipinski definition) is 0. The summed E-state index contributed by atoms with van der Waals surface area (Å²) < 4.78 is 13.8. The van der Waals surface area contributed by atoms with Crippen LogP contribution in [0.1, 0.15) is 5.56 Å². The fourth-order valence-electron chi connectivity index (χ4n) is 3.09. The van der Waals surface area contributed by atoms with Gasteiger partial charge in [-0.2, -0.15) is 0 Å². The van der Waals surface area contributed by atoms with Crippen LogP contribution in [0.25, 0.3) is 32.7 Å². The highest BCUT2D eigenvalue weighted by Gasteiger charge is 2.09. The topological polar surface area (TPSA) is 0 Å². The molecule has 0 aromatic heterocycles. The van der Waals surface area contributed by atoms with E-state index >= 15 is 0 Å². The monoisotopic (exact) mass is 286 g/mol. The van der Waals surface area contributed by atoms with Crippen molar-refractivity contribution in [1.29, 1.82) is 0 Å². The Morgan fingerprint density at radius 1 is 0.682 bits per heavy atom. The fourth-order valence-corrected chi connectivity index (χ4v) is 3.09. The zero-order valence-corrected chi connectivity index (χ0v) is 12.3. The standard InChI is InChI=1S/C21H15F/c1-14-7-8-16-12-20(15-5-3-2-4-6-15)18-10-9-17(22)13-21(18)19(16)11-14/h2-13H,1H3. The maximum atomic E-state index is 13.8. The molecule has 0 amide bonds. The van der Waals surface area contributed by atoms with E-state index in [0.717, 1.165) is 32.7 Å². The summed E-state index contributed by atoms with van der Waals surface area (Å²) in [5.74, 6) is -0.194. The van der Waals surface area contributed by atoms with Gasteiger partial charge in [0.05, 0.1) is 0 Å². The zero-order chi connectivity index (χ0) is 15.1. The van der Waals surface area contributed by atoms with Crippen molar-refractivity contribution < 1.29 is 4.39 Å². The lowest BCUT2D eigenvalue weighted by molar-refractivity contribution is 0.630. The van der Waals surface area contributed by atoms with E-state index in [1.807, 2.05) is 24.3 Å². The van der Waals surface area contributed by atoms with Crippen molar-refractivity contribution in [3.8, 4) is 11.1 Å². The van der Waals surface area contributed by atoms with E-state index in [4.69, 9.17) is 0 Å². The lowest BCUT2D eigenvalue weighted by Crippen LogP contribution is -1.86. The van der Waals surface area contributed by atoms with Crippen LogP contribution in [0.4, 0.5) is 4.39 Å². The zero-order valence-electron chi connectivity index (χ0n) is 12.3. The third-order valence-electron chi connectivity index (χ3n) is 4.16. The number of benzene rings is 4. The van der Waals surface area contributed by atoms with E-state index in [1.165, 1.54) is 11.6 Å². The first-order chi connectivity index (χ1) is 10.7. The van der Waals surface area contributed by atoms with Gasteiger partial charge in [-0.25, -0.2) is 4.39 Å². The third kappa shape index (κ3) is 2.06. The Morgan fingerprint density at radius 3 is 2.32 bits per heavy atom. The van der Waals surface area contributed by atoms with Crippen molar-refractivity contribution in [2.45, 2.75) is 6.92 Å². The van der Waals surface area contributed by atoms with Gasteiger partial charge in [0, 0.05) is 0 Å². The van der Waals surface area contributed by atoms with Gasteiger partial charge >= 0.3 is 0 Å². The summed E-state index contributed by atoms with van der Waals surface area (Å²) in [5, 5.41) is 4.31. The molecule has 0 radical (unpaired) electrons. The highest BCUT2D eigenvalue weighted by Crippen LogP contribution is 2.35. The van der Waals surface area contributed by atoms with Gasteiger partial charge in [-0.15, -0.1) is 0 Å². The molecule has 4 aromatic rings. The minimum atomic E-state index is -0.194. The molecule has 4 rings (SSSR count). The highest BCUT2D eigenvalue weighted by molar-refractivity contribution is 6.13. The predicted octanol–water partition coefficient (Wildman–Crippen LogP) is 6.11. The van der Waals surface area contributed by atoms with Gasteiger partial charge < -0.3 is 0 Å². The van der Waals surface area contributed by atoms with Crippen LogP contribution in [-0.2, 0) is 0 Å². The second-order valence-corrected chi connectivity index (χ2v) is 5.70. The Labute approximate surface area is 128 Å². The van der Waals surface area contributed by atoms with E-state index in [9.17, 15) is 4.39 Å².